The molecule has 0 atom stereocenters. The van der Waals surface area contributed by atoms with Crippen LogP contribution in [0.25, 0.3) is 0 Å². The second-order valence-corrected chi connectivity index (χ2v) is 5.89. The van der Waals surface area contributed by atoms with Gasteiger partial charge >= 0.3 is 12.1 Å². The number of nitrogens with zero attached hydrogens (tertiary/aromatic N) is 1. The van der Waals surface area contributed by atoms with Crippen molar-refractivity contribution in [2.45, 2.75) is 6.18 Å². The molecule has 3 aromatic rings. The molecule has 1 N–H and O–H groups in total. The summed E-state index contributed by atoms with van der Waals surface area (Å²) in [5.74, 6) is -1.26. The molecule has 3 aromatic carbocycles. The van der Waals surface area contributed by atoms with Crippen LogP contribution in [0.5, 0.6) is 0 Å². The summed E-state index contributed by atoms with van der Waals surface area (Å²) in [6, 6.07) is 17.7. The van der Waals surface area contributed by atoms with E-state index in [9.17, 15) is 22.4 Å². The quantitative estimate of drug-likeness (QED) is 0.207. The third kappa shape index (κ3) is 5.41. The van der Waals surface area contributed by atoms with E-state index in [0.717, 1.165) is 24.3 Å². The number of hydrogen-bond donors (Lipinski definition) is 1. The van der Waals surface area contributed by atoms with Gasteiger partial charge in [0.2, 0.25) is 0 Å². The number of rotatable bonds is 4. The lowest BCUT2D eigenvalue weighted by Crippen LogP contribution is -2.15. The molecule has 0 saturated carbocycles. The first-order valence-electron chi connectivity index (χ1n) is 8.37. The van der Waals surface area contributed by atoms with Crippen molar-refractivity contribution in [3.05, 3.63) is 101 Å². The first-order valence-corrected chi connectivity index (χ1v) is 8.37. The van der Waals surface area contributed by atoms with E-state index in [1.54, 1.807) is 24.3 Å². The zero-order valence-corrected chi connectivity index (χ0v) is 14.8. The van der Waals surface area contributed by atoms with Crippen molar-refractivity contribution >= 4 is 17.5 Å². The van der Waals surface area contributed by atoms with Crippen molar-refractivity contribution in [3.63, 3.8) is 0 Å². The Bertz CT molecular complexity index is 1000. The lowest BCUT2D eigenvalue weighted by Gasteiger charge is -2.10. The van der Waals surface area contributed by atoms with Crippen LogP contribution in [-0.4, -0.2) is 11.8 Å². The van der Waals surface area contributed by atoms with Gasteiger partial charge in [-0.2, -0.15) is 13.2 Å². The molecule has 0 heterocycles. The number of amidine groups is 1. The molecule has 0 spiro atoms. The summed E-state index contributed by atoms with van der Waals surface area (Å²) in [6.45, 7) is 0. The maximum absolute atomic E-state index is 13.2. The summed E-state index contributed by atoms with van der Waals surface area (Å²) in [5.41, 5.74) is 0.104. The molecule has 0 aliphatic carbocycles. The van der Waals surface area contributed by atoms with Crippen molar-refractivity contribution in [2.75, 3.05) is 5.32 Å². The van der Waals surface area contributed by atoms with Crippen LogP contribution in [0.4, 0.5) is 23.2 Å². The Hall–Kier alpha value is -3.68. The highest BCUT2D eigenvalue weighted by Gasteiger charge is 2.30. The summed E-state index contributed by atoms with van der Waals surface area (Å²) >= 11 is 0. The number of para-hydroxylation sites is 1. The predicted octanol–water partition coefficient (Wildman–Crippen LogP) is 5.48. The summed E-state index contributed by atoms with van der Waals surface area (Å²) in [5, 5.41) is 6.73. The fourth-order valence-corrected chi connectivity index (χ4v) is 2.35. The topological polar surface area (TPSA) is 50.7 Å². The zero-order chi connectivity index (χ0) is 20.9. The molecule has 0 saturated heterocycles. The second kappa shape index (κ2) is 8.55. The standard InChI is InChI=1S/C21H14F4N2O2/c22-17-12-8-14(9-13-17)19(26-18-4-2-1-3-5-18)27-29-20(28)15-6-10-16(11-7-15)21(23,24)25/h1-13H,(H,26,27). The fraction of sp³-hybridized carbons (Fsp3) is 0.0476. The summed E-state index contributed by atoms with van der Waals surface area (Å²) in [6.07, 6.45) is -4.50. The Balaban J connectivity index is 1.81. The Morgan fingerprint density at radius 3 is 2.00 bits per heavy atom. The molecule has 0 amide bonds. The lowest BCUT2D eigenvalue weighted by molar-refractivity contribution is -0.137. The van der Waals surface area contributed by atoms with Gasteiger partial charge in [-0.15, -0.1) is 0 Å². The van der Waals surface area contributed by atoms with Crippen LogP contribution >= 0.6 is 0 Å². The number of anilines is 1. The molecule has 0 bridgehead atoms. The van der Waals surface area contributed by atoms with E-state index in [0.29, 0.717) is 11.3 Å². The van der Waals surface area contributed by atoms with E-state index in [-0.39, 0.29) is 11.4 Å². The van der Waals surface area contributed by atoms with E-state index >= 15 is 0 Å². The Morgan fingerprint density at radius 1 is 0.828 bits per heavy atom. The molecule has 29 heavy (non-hydrogen) atoms. The van der Waals surface area contributed by atoms with Crippen LogP contribution < -0.4 is 5.32 Å². The molecule has 4 nitrogen and oxygen atoms in total. The molecule has 8 heteroatoms. The van der Waals surface area contributed by atoms with E-state index < -0.39 is 23.5 Å². The molecular weight excluding hydrogens is 388 g/mol. The SMILES string of the molecule is O=C(O/N=C(/Nc1ccccc1)c1ccc(F)cc1)c1ccc(C(F)(F)F)cc1. The predicted molar refractivity (Wildman–Crippen MR) is 99.9 cm³/mol. The molecule has 3 rings (SSSR count). The highest BCUT2D eigenvalue weighted by atomic mass is 19.4. The Labute approximate surface area is 163 Å². The smallest absolute Gasteiger partial charge is 0.337 e. The van der Waals surface area contributed by atoms with Crippen molar-refractivity contribution in [1.29, 1.82) is 0 Å². The van der Waals surface area contributed by atoms with Crippen molar-refractivity contribution in [2.24, 2.45) is 5.16 Å². The highest BCUT2D eigenvalue weighted by Crippen LogP contribution is 2.29. The van der Waals surface area contributed by atoms with Crippen LogP contribution in [-0.2, 0) is 11.0 Å². The first kappa shape index (κ1) is 20.1. The van der Waals surface area contributed by atoms with E-state index in [4.69, 9.17) is 4.84 Å². The number of hydrogen-bond acceptors (Lipinski definition) is 3. The molecule has 0 aliphatic rings. The van der Waals surface area contributed by atoms with Crippen LogP contribution in [0.2, 0.25) is 0 Å². The molecule has 0 aliphatic heterocycles. The third-order valence-electron chi connectivity index (χ3n) is 3.82. The van der Waals surface area contributed by atoms with Crippen LogP contribution in [0, 0.1) is 5.82 Å². The molecule has 148 valence electrons. The maximum Gasteiger partial charge on any atom is 0.416 e. The van der Waals surface area contributed by atoms with Gasteiger partial charge in [0.05, 0.1) is 11.1 Å². The normalized spacial score (nSPS) is 11.8. The van der Waals surface area contributed by atoms with Gasteiger partial charge in [0, 0.05) is 11.3 Å². The number of nitrogens with one attached hydrogen (secondary N) is 1. The maximum atomic E-state index is 13.2. The van der Waals surface area contributed by atoms with E-state index in [1.165, 1.54) is 24.3 Å². The minimum absolute atomic E-state index is 0.0973. The van der Waals surface area contributed by atoms with Gasteiger partial charge in [-0.1, -0.05) is 23.4 Å². The van der Waals surface area contributed by atoms with Crippen LogP contribution in [0.15, 0.2) is 84.0 Å². The van der Waals surface area contributed by atoms with Crippen molar-refractivity contribution in [1.82, 2.24) is 0 Å². The molecule has 0 aromatic heterocycles. The van der Waals surface area contributed by atoms with Gasteiger partial charge < -0.3 is 10.2 Å². The minimum Gasteiger partial charge on any atom is -0.337 e. The number of carbonyl (C=O) groups is 1. The number of halogens is 4. The number of alkyl halides is 3. The lowest BCUT2D eigenvalue weighted by atomic mass is 10.1. The van der Waals surface area contributed by atoms with Gasteiger partial charge in [-0.25, -0.2) is 9.18 Å². The third-order valence-corrected chi connectivity index (χ3v) is 3.82. The van der Waals surface area contributed by atoms with Crippen molar-refractivity contribution < 1.29 is 27.2 Å². The zero-order valence-electron chi connectivity index (χ0n) is 14.8. The van der Waals surface area contributed by atoms with Crippen LogP contribution in [0.3, 0.4) is 0 Å². The van der Waals surface area contributed by atoms with Gasteiger partial charge in [0.15, 0.2) is 5.84 Å². The second-order valence-electron chi connectivity index (χ2n) is 5.89. The van der Waals surface area contributed by atoms with Crippen molar-refractivity contribution in [3.8, 4) is 0 Å². The monoisotopic (exact) mass is 402 g/mol. The van der Waals surface area contributed by atoms with Gasteiger partial charge in [0.1, 0.15) is 5.82 Å². The summed E-state index contributed by atoms with van der Waals surface area (Å²) < 4.78 is 51.1. The highest BCUT2D eigenvalue weighted by molar-refractivity contribution is 6.08. The molecular formula is C21H14F4N2O2. The Morgan fingerprint density at radius 2 is 1.41 bits per heavy atom. The molecule has 0 radical (unpaired) electrons. The number of benzene rings is 3. The number of oxime groups is 1. The van der Waals surface area contributed by atoms with E-state index in [1.807, 2.05) is 6.07 Å². The molecule has 0 unspecified atom stereocenters. The average Bonchev–Trinajstić information content (AvgIpc) is 2.72. The van der Waals surface area contributed by atoms with Gasteiger partial charge in [0.25, 0.3) is 0 Å². The fourth-order valence-electron chi connectivity index (χ4n) is 2.35. The Kier molecular flexibility index (Phi) is 5.92. The largest absolute Gasteiger partial charge is 0.416 e. The summed E-state index contributed by atoms with van der Waals surface area (Å²) in [7, 11) is 0. The average molecular weight is 402 g/mol. The first-order chi connectivity index (χ1) is 13.8. The summed E-state index contributed by atoms with van der Waals surface area (Å²) in [4.78, 5) is 17.0. The van der Waals surface area contributed by atoms with Gasteiger partial charge in [-0.3, -0.25) is 0 Å². The van der Waals surface area contributed by atoms with Gasteiger partial charge in [-0.05, 0) is 60.7 Å². The molecule has 0 fully saturated rings. The number of carbonyl (C=O) groups excluding carboxylic acids is 1. The minimum atomic E-state index is -4.50. The van der Waals surface area contributed by atoms with Crippen LogP contribution in [0.1, 0.15) is 21.5 Å². The van der Waals surface area contributed by atoms with E-state index in [2.05, 4.69) is 10.5 Å².